The van der Waals surface area contributed by atoms with E-state index in [1.165, 1.54) is 5.12 Å². The number of carboxylic acids is 1. The van der Waals surface area contributed by atoms with Crippen LogP contribution in [-0.4, -0.2) is 46.6 Å². The number of benzene rings is 1. The molecule has 3 aliphatic rings. The van der Waals surface area contributed by atoms with Crippen molar-refractivity contribution in [3.8, 4) is 0 Å². The Kier molecular flexibility index (Phi) is 5.22. The summed E-state index contributed by atoms with van der Waals surface area (Å²) in [5, 5.41) is 25.3. The molecule has 2 fully saturated rings. The standard InChI is InChI=1S/C23H29N5O5/c1-13-22(5)19-23(13,22)17(18(30)31)26-28(27-19)15-10-8-14(9-11-15)25-16(29)7-6-12-24-20(32)33-21(2,3)4/h8-11,13H,6-7,12H2,1-5H3,(H,24,32)(H,25,29)(H,30,31)/t13-,22+,23?/m1/s1. The van der Waals surface area contributed by atoms with Crippen LogP contribution in [0.25, 0.3) is 0 Å². The number of anilines is 2. The predicted molar refractivity (Wildman–Crippen MR) is 123 cm³/mol. The van der Waals surface area contributed by atoms with Gasteiger partial charge in [-0.05, 0) is 57.4 Å². The fourth-order valence-electron chi connectivity index (χ4n) is 4.75. The Hall–Kier alpha value is -3.43. The molecule has 176 valence electrons. The SMILES string of the molecule is C[C@H]1C23C(C(=O)O)=NN(c4ccc(NC(=O)CCCNC(=O)OC(C)(C)C)cc4)N=C2[C@]13C. The molecule has 10 heteroatoms. The van der Waals surface area contributed by atoms with Crippen LogP contribution in [0.15, 0.2) is 34.5 Å². The number of fused-ring (bicyclic) bond motifs is 1. The Morgan fingerprint density at radius 1 is 1.18 bits per heavy atom. The van der Waals surface area contributed by atoms with Crippen LogP contribution in [0.3, 0.4) is 0 Å². The molecular weight excluding hydrogens is 426 g/mol. The van der Waals surface area contributed by atoms with E-state index in [9.17, 15) is 19.5 Å². The molecule has 0 saturated heterocycles. The summed E-state index contributed by atoms with van der Waals surface area (Å²) in [7, 11) is 0. The van der Waals surface area contributed by atoms with Crippen molar-refractivity contribution in [1.29, 1.82) is 0 Å². The van der Waals surface area contributed by atoms with Crippen LogP contribution in [0.1, 0.15) is 47.5 Å². The molecule has 2 saturated carbocycles. The minimum absolute atomic E-state index is 0.139. The van der Waals surface area contributed by atoms with Crippen molar-refractivity contribution >= 4 is 40.8 Å². The van der Waals surface area contributed by atoms with Gasteiger partial charge in [0.2, 0.25) is 5.91 Å². The minimum Gasteiger partial charge on any atom is -0.477 e. The number of carbonyl (C=O) groups is 3. The maximum Gasteiger partial charge on any atom is 0.407 e. The Balaban J connectivity index is 1.29. The van der Waals surface area contributed by atoms with Gasteiger partial charge in [0.15, 0.2) is 5.71 Å². The number of aliphatic carboxylic acids is 1. The van der Waals surface area contributed by atoms with E-state index in [0.29, 0.717) is 24.3 Å². The number of hydrogen-bond donors (Lipinski definition) is 3. The lowest BCUT2D eigenvalue weighted by molar-refractivity contribution is -0.129. The average Bonchev–Trinajstić information content (AvgIpc) is 3.48. The number of carboxylic acid groups (broad SMARTS) is 1. The lowest BCUT2D eigenvalue weighted by Gasteiger charge is -2.22. The van der Waals surface area contributed by atoms with Gasteiger partial charge in [0, 0.05) is 24.1 Å². The van der Waals surface area contributed by atoms with Crippen LogP contribution in [-0.2, 0) is 14.3 Å². The number of ether oxygens (including phenoxy) is 1. The third kappa shape index (κ3) is 3.73. The van der Waals surface area contributed by atoms with E-state index in [4.69, 9.17) is 4.74 Å². The maximum atomic E-state index is 12.2. The van der Waals surface area contributed by atoms with Gasteiger partial charge in [0.25, 0.3) is 0 Å². The summed E-state index contributed by atoms with van der Waals surface area (Å²) in [5.74, 6) is -0.969. The molecule has 0 bridgehead atoms. The first-order valence-corrected chi connectivity index (χ1v) is 11.0. The fraction of sp³-hybridized carbons (Fsp3) is 0.522. The van der Waals surface area contributed by atoms with Crippen molar-refractivity contribution in [3.05, 3.63) is 24.3 Å². The molecule has 3 N–H and O–H groups in total. The highest BCUT2D eigenvalue weighted by atomic mass is 16.6. The quantitative estimate of drug-likeness (QED) is 0.541. The number of hydrazone groups is 2. The zero-order chi connectivity index (χ0) is 24.2. The van der Waals surface area contributed by atoms with Gasteiger partial charge < -0.3 is 20.5 Å². The normalized spacial score (nSPS) is 26.8. The van der Waals surface area contributed by atoms with Crippen molar-refractivity contribution in [2.75, 3.05) is 17.0 Å². The predicted octanol–water partition coefficient (Wildman–Crippen LogP) is 3.20. The van der Waals surface area contributed by atoms with Gasteiger partial charge in [-0.15, -0.1) is 5.10 Å². The van der Waals surface area contributed by atoms with Crippen molar-refractivity contribution < 1.29 is 24.2 Å². The first-order chi connectivity index (χ1) is 15.4. The van der Waals surface area contributed by atoms with Crippen LogP contribution >= 0.6 is 0 Å². The van der Waals surface area contributed by atoms with Crippen molar-refractivity contribution in [1.82, 2.24) is 5.32 Å². The van der Waals surface area contributed by atoms with Crippen LogP contribution in [0.2, 0.25) is 0 Å². The monoisotopic (exact) mass is 455 g/mol. The first kappa shape index (κ1) is 22.8. The summed E-state index contributed by atoms with van der Waals surface area (Å²) in [6.07, 6.45) is 0.203. The van der Waals surface area contributed by atoms with Crippen molar-refractivity contribution in [2.45, 2.75) is 53.1 Å². The van der Waals surface area contributed by atoms with E-state index >= 15 is 0 Å². The maximum absolute atomic E-state index is 12.2. The molecule has 0 aromatic heterocycles. The summed E-state index contributed by atoms with van der Waals surface area (Å²) in [4.78, 5) is 35.6. The van der Waals surface area contributed by atoms with Crippen molar-refractivity contribution in [2.24, 2.45) is 27.0 Å². The van der Waals surface area contributed by atoms with Crippen molar-refractivity contribution in [3.63, 3.8) is 0 Å². The molecule has 1 spiro atoms. The third-order valence-corrected chi connectivity index (χ3v) is 6.65. The largest absolute Gasteiger partial charge is 0.477 e. The molecule has 3 atom stereocenters. The van der Waals surface area contributed by atoms with E-state index in [0.717, 1.165) is 5.71 Å². The lowest BCUT2D eigenvalue weighted by Crippen LogP contribution is -2.33. The van der Waals surface area contributed by atoms with E-state index in [2.05, 4.69) is 20.8 Å². The highest BCUT2D eigenvalue weighted by molar-refractivity contribution is 6.53. The molecule has 33 heavy (non-hydrogen) atoms. The Bertz CT molecular complexity index is 1070. The lowest BCUT2D eigenvalue weighted by atomic mass is 9.98. The minimum atomic E-state index is -1.02. The molecule has 2 aliphatic carbocycles. The molecule has 1 heterocycles. The van der Waals surface area contributed by atoms with E-state index in [1.807, 2.05) is 13.8 Å². The van der Waals surface area contributed by atoms with Gasteiger partial charge in [-0.25, -0.2) is 9.59 Å². The van der Waals surface area contributed by atoms with Gasteiger partial charge in [-0.3, -0.25) is 4.79 Å². The molecule has 1 aliphatic heterocycles. The summed E-state index contributed by atoms with van der Waals surface area (Å²) < 4.78 is 5.14. The molecular formula is C23H29N5O5. The van der Waals surface area contributed by atoms with Gasteiger partial charge in [-0.1, -0.05) is 13.8 Å². The van der Waals surface area contributed by atoms with E-state index in [-0.39, 0.29) is 29.4 Å². The average molecular weight is 456 g/mol. The summed E-state index contributed by atoms with van der Waals surface area (Å²) in [5.41, 5.74) is 0.949. The second kappa shape index (κ2) is 7.57. The number of hydrogen-bond acceptors (Lipinski definition) is 7. The van der Waals surface area contributed by atoms with E-state index < -0.39 is 23.1 Å². The summed E-state index contributed by atoms with van der Waals surface area (Å²) in [6, 6.07) is 6.88. The summed E-state index contributed by atoms with van der Waals surface area (Å²) in [6.45, 7) is 9.74. The van der Waals surface area contributed by atoms with Crippen LogP contribution in [0, 0.1) is 16.7 Å². The molecule has 1 aromatic rings. The van der Waals surface area contributed by atoms with Crippen LogP contribution in [0.5, 0.6) is 0 Å². The van der Waals surface area contributed by atoms with E-state index in [1.54, 1.807) is 45.0 Å². The third-order valence-electron chi connectivity index (χ3n) is 6.65. The molecule has 2 amide bonds. The second-order valence-electron chi connectivity index (χ2n) is 9.85. The molecule has 0 radical (unpaired) electrons. The Labute approximate surface area is 192 Å². The fourth-order valence-corrected chi connectivity index (χ4v) is 4.75. The number of rotatable bonds is 7. The number of nitrogens with zero attached hydrogens (tertiary/aromatic N) is 3. The second-order valence-corrected chi connectivity index (χ2v) is 9.85. The number of carbonyl (C=O) groups excluding carboxylic acids is 2. The molecule has 1 unspecified atom stereocenters. The molecule has 4 rings (SSSR count). The molecule has 1 aromatic carbocycles. The first-order valence-electron chi connectivity index (χ1n) is 11.0. The Morgan fingerprint density at radius 2 is 1.85 bits per heavy atom. The van der Waals surface area contributed by atoms with Gasteiger partial charge in [-0.2, -0.15) is 10.2 Å². The van der Waals surface area contributed by atoms with Crippen LogP contribution < -0.4 is 15.8 Å². The Morgan fingerprint density at radius 3 is 2.42 bits per heavy atom. The summed E-state index contributed by atoms with van der Waals surface area (Å²) >= 11 is 0. The number of alkyl carbamates (subject to hydrolysis) is 1. The molecule has 10 nitrogen and oxygen atoms in total. The zero-order valence-corrected chi connectivity index (χ0v) is 19.4. The number of nitrogens with one attached hydrogen (secondary N) is 2. The topological polar surface area (TPSA) is 133 Å². The smallest absolute Gasteiger partial charge is 0.407 e. The number of amides is 2. The van der Waals surface area contributed by atoms with Gasteiger partial charge in [0.05, 0.1) is 16.8 Å². The van der Waals surface area contributed by atoms with Gasteiger partial charge in [0.1, 0.15) is 5.60 Å². The highest BCUT2D eigenvalue weighted by Crippen LogP contribution is 2.87. The zero-order valence-electron chi connectivity index (χ0n) is 19.4. The van der Waals surface area contributed by atoms with Gasteiger partial charge >= 0.3 is 12.1 Å². The highest BCUT2D eigenvalue weighted by Gasteiger charge is 2.96. The van der Waals surface area contributed by atoms with Crippen LogP contribution in [0.4, 0.5) is 16.2 Å².